The first-order chi connectivity index (χ1) is 17.4. The fraction of sp³-hybridized carbons (Fsp3) is 0.429. The molecule has 0 atom stereocenters. The number of nitrogens with zero attached hydrogens (tertiary/aromatic N) is 4. The molecule has 1 saturated heterocycles. The minimum absolute atomic E-state index is 0.454. The maximum absolute atomic E-state index is 9.97. The third-order valence-corrected chi connectivity index (χ3v) is 6.66. The highest BCUT2D eigenvalue weighted by atomic mass is 16.5. The van der Waals surface area contributed by atoms with Crippen molar-refractivity contribution in [1.29, 1.82) is 0 Å². The van der Waals surface area contributed by atoms with Crippen LogP contribution < -0.4 is 15.0 Å². The predicted octanol–water partition coefficient (Wildman–Crippen LogP) is 3.93. The first-order valence-electron chi connectivity index (χ1n) is 12.6. The highest BCUT2D eigenvalue weighted by molar-refractivity contribution is 5.84. The van der Waals surface area contributed by atoms with Gasteiger partial charge in [-0.15, -0.1) is 0 Å². The number of nitrogens with one attached hydrogen (secondary N) is 1. The Kier molecular flexibility index (Phi) is 7.09. The summed E-state index contributed by atoms with van der Waals surface area (Å²) in [5, 5.41) is 14.6. The van der Waals surface area contributed by atoms with Gasteiger partial charge in [0.15, 0.2) is 0 Å². The molecule has 5 rings (SSSR count). The van der Waals surface area contributed by atoms with Gasteiger partial charge in [0.2, 0.25) is 0 Å². The van der Waals surface area contributed by atoms with Crippen molar-refractivity contribution >= 4 is 27.6 Å². The molecule has 190 valence electrons. The maximum Gasteiger partial charge on any atom is 0.139 e. The second kappa shape index (κ2) is 10.4. The van der Waals surface area contributed by atoms with E-state index >= 15 is 0 Å². The topological polar surface area (TPSA) is 84.7 Å². The highest BCUT2D eigenvalue weighted by Gasteiger charge is 2.22. The van der Waals surface area contributed by atoms with Gasteiger partial charge in [0, 0.05) is 49.9 Å². The molecule has 0 amide bonds. The van der Waals surface area contributed by atoms with Crippen LogP contribution in [0.2, 0.25) is 0 Å². The molecular formula is C28H35N5O3. The van der Waals surface area contributed by atoms with Crippen molar-refractivity contribution in [2.24, 2.45) is 0 Å². The number of hydrogen-bond donors (Lipinski definition) is 2. The van der Waals surface area contributed by atoms with Crippen LogP contribution >= 0.6 is 0 Å². The lowest BCUT2D eigenvalue weighted by Gasteiger charge is -2.35. The van der Waals surface area contributed by atoms with Crippen molar-refractivity contribution in [2.75, 3.05) is 44.9 Å². The molecule has 2 aromatic carbocycles. The van der Waals surface area contributed by atoms with E-state index in [1.165, 1.54) is 5.69 Å². The number of fused-ring (bicyclic) bond motifs is 2. The summed E-state index contributed by atoms with van der Waals surface area (Å²) in [6, 6.07) is 17.0. The molecule has 1 aliphatic heterocycles. The number of ether oxygens (including phenoxy) is 2. The molecular weight excluding hydrogens is 454 g/mol. The molecule has 0 unspecified atom stereocenters. The van der Waals surface area contributed by atoms with Crippen LogP contribution in [0, 0.1) is 0 Å². The molecule has 8 nitrogen and oxygen atoms in total. The van der Waals surface area contributed by atoms with E-state index in [1.54, 1.807) is 7.11 Å². The van der Waals surface area contributed by atoms with Crippen molar-refractivity contribution in [3.63, 3.8) is 0 Å². The van der Waals surface area contributed by atoms with Crippen molar-refractivity contribution < 1.29 is 14.6 Å². The van der Waals surface area contributed by atoms with Crippen LogP contribution in [0.25, 0.3) is 27.8 Å². The average Bonchev–Trinajstić information content (AvgIpc) is 3.30. The van der Waals surface area contributed by atoms with Gasteiger partial charge >= 0.3 is 0 Å². The van der Waals surface area contributed by atoms with Gasteiger partial charge in [0.05, 0.1) is 28.8 Å². The fourth-order valence-electron chi connectivity index (χ4n) is 4.68. The maximum atomic E-state index is 9.97. The molecule has 0 bridgehead atoms. The number of aromatic nitrogens is 3. The molecule has 8 heteroatoms. The number of piperidine rings is 1. The largest absolute Gasteiger partial charge is 0.491 e. The number of imidazole rings is 1. The zero-order chi connectivity index (χ0) is 25.1. The van der Waals surface area contributed by atoms with Crippen LogP contribution in [0.4, 0.5) is 5.69 Å². The van der Waals surface area contributed by atoms with E-state index < -0.39 is 5.60 Å². The Morgan fingerprint density at radius 3 is 2.64 bits per heavy atom. The third kappa shape index (κ3) is 5.61. The quantitative estimate of drug-likeness (QED) is 0.345. The Bertz CT molecular complexity index is 1320. The van der Waals surface area contributed by atoms with E-state index in [0.717, 1.165) is 59.4 Å². The summed E-state index contributed by atoms with van der Waals surface area (Å²) in [5.41, 5.74) is 3.36. The molecule has 4 aromatic rings. The van der Waals surface area contributed by atoms with Gasteiger partial charge in [-0.25, -0.2) is 9.97 Å². The predicted molar refractivity (Wildman–Crippen MR) is 143 cm³/mol. The highest BCUT2D eigenvalue weighted by Crippen LogP contribution is 2.27. The SMILES string of the molecule is COCCOc1ccc2c(c1)ncn2-c1ccc2cc(N3CCC(NCC(C)(C)O)CC3)ccc2n1. The summed E-state index contributed by atoms with van der Waals surface area (Å²) in [5.74, 6) is 1.62. The van der Waals surface area contributed by atoms with E-state index in [9.17, 15) is 5.11 Å². The number of aliphatic hydroxyl groups is 1. The van der Waals surface area contributed by atoms with Gasteiger partial charge in [-0.1, -0.05) is 0 Å². The van der Waals surface area contributed by atoms with Gasteiger partial charge in [-0.2, -0.15) is 0 Å². The lowest BCUT2D eigenvalue weighted by molar-refractivity contribution is 0.0752. The summed E-state index contributed by atoms with van der Waals surface area (Å²) >= 11 is 0. The molecule has 0 saturated carbocycles. The summed E-state index contributed by atoms with van der Waals surface area (Å²) in [6.45, 7) is 7.36. The van der Waals surface area contributed by atoms with Crippen LogP contribution in [0.3, 0.4) is 0 Å². The zero-order valence-electron chi connectivity index (χ0n) is 21.3. The van der Waals surface area contributed by atoms with Crippen LogP contribution in [0.5, 0.6) is 5.75 Å². The van der Waals surface area contributed by atoms with Crippen LogP contribution in [0.15, 0.2) is 54.9 Å². The van der Waals surface area contributed by atoms with E-state index in [2.05, 4.69) is 39.5 Å². The fourth-order valence-corrected chi connectivity index (χ4v) is 4.68. The van der Waals surface area contributed by atoms with E-state index in [0.29, 0.717) is 25.8 Å². The van der Waals surface area contributed by atoms with Crippen LogP contribution in [-0.2, 0) is 4.74 Å². The Hall–Kier alpha value is -3.20. The minimum atomic E-state index is -0.675. The Morgan fingerprint density at radius 1 is 1.03 bits per heavy atom. The molecule has 3 heterocycles. The number of methoxy groups -OCH3 is 1. The Balaban J connectivity index is 1.28. The summed E-state index contributed by atoms with van der Waals surface area (Å²) in [7, 11) is 1.66. The van der Waals surface area contributed by atoms with Gasteiger partial charge in [-0.3, -0.25) is 4.57 Å². The lowest BCUT2D eigenvalue weighted by Crippen LogP contribution is -2.46. The first-order valence-corrected chi connectivity index (χ1v) is 12.6. The Labute approximate surface area is 211 Å². The number of rotatable bonds is 9. The van der Waals surface area contributed by atoms with E-state index in [1.807, 2.05) is 49.0 Å². The van der Waals surface area contributed by atoms with E-state index in [4.69, 9.17) is 14.5 Å². The molecule has 36 heavy (non-hydrogen) atoms. The molecule has 0 radical (unpaired) electrons. The second-order valence-corrected chi connectivity index (χ2v) is 10.1. The molecule has 2 aromatic heterocycles. The molecule has 1 fully saturated rings. The van der Waals surface area contributed by atoms with Crippen molar-refractivity contribution in [2.45, 2.75) is 38.3 Å². The second-order valence-electron chi connectivity index (χ2n) is 10.1. The van der Waals surface area contributed by atoms with Gasteiger partial charge in [0.25, 0.3) is 0 Å². The first kappa shape index (κ1) is 24.5. The summed E-state index contributed by atoms with van der Waals surface area (Å²) in [6.07, 6.45) is 3.94. The standard InChI is InChI=1S/C28H35N5O3/c1-28(2,34)18-29-21-10-12-32(13-11-21)22-5-7-24-20(16-22)4-9-27(31-24)33-19-30-25-17-23(6-8-26(25)33)36-15-14-35-3/h4-9,16-17,19,21,29,34H,10-15,18H2,1-3H3. The van der Waals surface area contributed by atoms with E-state index in [-0.39, 0.29) is 0 Å². The third-order valence-electron chi connectivity index (χ3n) is 6.66. The van der Waals surface area contributed by atoms with Crippen molar-refractivity contribution in [3.8, 4) is 11.6 Å². The summed E-state index contributed by atoms with van der Waals surface area (Å²) in [4.78, 5) is 11.9. The number of anilines is 1. The summed E-state index contributed by atoms with van der Waals surface area (Å²) < 4.78 is 12.8. The van der Waals surface area contributed by atoms with Crippen LogP contribution in [0.1, 0.15) is 26.7 Å². The number of benzene rings is 2. The molecule has 0 spiro atoms. The zero-order valence-corrected chi connectivity index (χ0v) is 21.3. The number of pyridine rings is 1. The van der Waals surface area contributed by atoms with Gasteiger partial charge < -0.3 is 24.8 Å². The van der Waals surface area contributed by atoms with Gasteiger partial charge in [-0.05, 0) is 69.2 Å². The normalized spacial score (nSPS) is 15.2. The minimum Gasteiger partial charge on any atom is -0.491 e. The Morgan fingerprint density at radius 2 is 1.86 bits per heavy atom. The lowest BCUT2D eigenvalue weighted by atomic mass is 10.0. The van der Waals surface area contributed by atoms with Crippen molar-refractivity contribution in [3.05, 3.63) is 54.9 Å². The average molecular weight is 490 g/mol. The van der Waals surface area contributed by atoms with Crippen LogP contribution in [-0.4, -0.2) is 71.2 Å². The van der Waals surface area contributed by atoms with Crippen molar-refractivity contribution in [1.82, 2.24) is 19.9 Å². The smallest absolute Gasteiger partial charge is 0.139 e. The molecule has 0 aliphatic carbocycles. The van der Waals surface area contributed by atoms with Gasteiger partial charge in [0.1, 0.15) is 24.5 Å². The molecule has 1 aliphatic rings. The molecule has 2 N–H and O–H groups in total. The monoisotopic (exact) mass is 489 g/mol. The number of hydrogen-bond acceptors (Lipinski definition) is 7.